The van der Waals surface area contributed by atoms with Crippen LogP contribution in [0.2, 0.25) is 0 Å². The summed E-state index contributed by atoms with van der Waals surface area (Å²) in [5.41, 5.74) is 2.77. The second-order valence-electron chi connectivity index (χ2n) is 7.49. The average molecular weight is 459 g/mol. The number of benzene rings is 2. The van der Waals surface area contributed by atoms with Gasteiger partial charge in [0.25, 0.3) is 5.91 Å². The average Bonchev–Trinajstić information content (AvgIpc) is 2.79. The largest absolute Gasteiger partial charge is 1.00 e. The van der Waals surface area contributed by atoms with Crippen molar-refractivity contribution in [2.45, 2.75) is 32.4 Å². The Morgan fingerprint density at radius 1 is 1.09 bits per heavy atom. The first-order chi connectivity index (χ1) is 15.3. The summed E-state index contributed by atoms with van der Waals surface area (Å²) >= 11 is 0. The van der Waals surface area contributed by atoms with Gasteiger partial charge in [-0.2, -0.15) is 0 Å². The molecule has 0 radical (unpaired) electrons. The van der Waals surface area contributed by atoms with Crippen molar-refractivity contribution < 1.29 is 55.3 Å². The Labute approximate surface area is 215 Å². The number of ketones is 1. The quantitative estimate of drug-likeness (QED) is 0.398. The van der Waals surface area contributed by atoms with Crippen LogP contribution in [0.3, 0.4) is 0 Å². The van der Waals surface area contributed by atoms with Gasteiger partial charge in [0.05, 0.1) is 12.5 Å². The fourth-order valence-corrected chi connectivity index (χ4v) is 3.56. The molecule has 0 aromatic heterocycles. The van der Waals surface area contributed by atoms with Crippen molar-refractivity contribution in [1.82, 2.24) is 15.5 Å². The summed E-state index contributed by atoms with van der Waals surface area (Å²) in [6.07, 6.45) is 1.10. The summed E-state index contributed by atoms with van der Waals surface area (Å²) in [7, 11) is 0. The van der Waals surface area contributed by atoms with Crippen LogP contribution in [0.4, 0.5) is 4.79 Å². The van der Waals surface area contributed by atoms with Crippen LogP contribution in [0.1, 0.15) is 33.3 Å². The smallest absolute Gasteiger partial charge is 1.00 e. The molecule has 0 saturated heterocycles. The second-order valence-corrected chi connectivity index (χ2v) is 7.49. The monoisotopic (exact) mass is 459 g/mol. The minimum atomic E-state index is -1.35. The predicted molar refractivity (Wildman–Crippen MR) is 120 cm³/mol. The zero-order chi connectivity index (χ0) is 23.3. The Morgan fingerprint density at radius 3 is 2.39 bits per heavy atom. The fourth-order valence-electron chi connectivity index (χ4n) is 3.56. The van der Waals surface area contributed by atoms with E-state index in [1.54, 1.807) is 26.0 Å². The Bertz CT molecular complexity index is 1080. The maximum atomic E-state index is 12.7. The van der Waals surface area contributed by atoms with Crippen LogP contribution in [0, 0.1) is 0 Å². The van der Waals surface area contributed by atoms with Gasteiger partial charge in [0.1, 0.15) is 0 Å². The molecule has 2 atom stereocenters. The molecule has 9 heteroatoms. The van der Waals surface area contributed by atoms with E-state index in [0.717, 1.165) is 11.1 Å². The van der Waals surface area contributed by atoms with Gasteiger partial charge in [0.15, 0.2) is 11.8 Å². The number of hydrogen-bond acceptors (Lipinski definition) is 4. The van der Waals surface area contributed by atoms with Crippen LogP contribution in [0.5, 0.6) is 0 Å². The fraction of sp³-hybridized carbons (Fsp3) is 0.250. The third-order valence-corrected chi connectivity index (χ3v) is 5.23. The second kappa shape index (κ2) is 11.8. The third-order valence-electron chi connectivity index (χ3n) is 5.23. The van der Waals surface area contributed by atoms with E-state index in [-0.39, 0.29) is 37.4 Å². The molecule has 1 aliphatic heterocycles. The van der Waals surface area contributed by atoms with E-state index in [9.17, 15) is 24.3 Å². The van der Waals surface area contributed by atoms with Crippen LogP contribution in [0.25, 0.3) is 11.1 Å². The summed E-state index contributed by atoms with van der Waals surface area (Å²) in [5, 5.41) is 14.4. The Kier molecular flexibility index (Phi) is 9.40. The minimum Gasteiger partial charge on any atom is -1.00 e. The molecule has 3 N–H and O–H groups in total. The van der Waals surface area contributed by atoms with Gasteiger partial charge in [0, 0.05) is 18.3 Å². The molecule has 2 aromatic rings. The zero-order valence-corrected chi connectivity index (χ0v) is 20.9. The maximum absolute atomic E-state index is 12.7. The van der Waals surface area contributed by atoms with Crippen molar-refractivity contribution in [3.63, 3.8) is 0 Å². The minimum absolute atomic E-state index is 0. The number of nitrogens with zero attached hydrogens (tertiary/aromatic N) is 1. The Morgan fingerprint density at radius 2 is 1.76 bits per heavy atom. The summed E-state index contributed by atoms with van der Waals surface area (Å²) < 4.78 is 0. The molecule has 33 heavy (non-hydrogen) atoms. The standard InChI is InChI=1S/C24H25N3O5.Na.H/c1-3-27-14-15(2)22(30)21(23(27)31)26-24(32)25-19(13-20(28)29)18-11-7-10-17(12-18)16-8-5-4-6-9-16;;/h4-12,14,19,21H,3,13H2,1-2H3,(H,28,29)(H2,25,26,32);;/q;+1;-1. The summed E-state index contributed by atoms with van der Waals surface area (Å²) in [4.78, 5) is 50.4. The molecule has 168 valence electrons. The number of carbonyl (C=O) groups is 4. The topological polar surface area (TPSA) is 116 Å². The van der Waals surface area contributed by atoms with Gasteiger partial charge in [-0.25, -0.2) is 4.79 Å². The van der Waals surface area contributed by atoms with Crippen LogP contribution in [0.15, 0.2) is 66.4 Å². The molecule has 0 aliphatic carbocycles. The number of nitrogens with one attached hydrogen (secondary N) is 2. The summed E-state index contributed by atoms with van der Waals surface area (Å²) in [6, 6.07) is 13.8. The summed E-state index contributed by atoms with van der Waals surface area (Å²) in [6.45, 7) is 3.70. The van der Waals surface area contributed by atoms with Crippen LogP contribution >= 0.6 is 0 Å². The molecule has 2 unspecified atom stereocenters. The molecule has 8 nitrogen and oxygen atoms in total. The van der Waals surface area contributed by atoms with E-state index in [0.29, 0.717) is 17.7 Å². The number of carbonyl (C=O) groups excluding carboxylic acids is 3. The van der Waals surface area contributed by atoms with Crippen molar-refractivity contribution in [1.29, 1.82) is 0 Å². The van der Waals surface area contributed by atoms with Gasteiger partial charge >= 0.3 is 41.6 Å². The molecule has 0 bridgehead atoms. The van der Waals surface area contributed by atoms with Crippen molar-refractivity contribution in [3.8, 4) is 11.1 Å². The van der Waals surface area contributed by atoms with E-state index in [4.69, 9.17) is 0 Å². The molecule has 2 aromatic carbocycles. The normalized spacial score (nSPS) is 16.4. The van der Waals surface area contributed by atoms with Crippen LogP contribution < -0.4 is 40.2 Å². The van der Waals surface area contributed by atoms with Crippen molar-refractivity contribution >= 4 is 23.7 Å². The number of Topliss-reactive ketones (excluding diaryl/α,β-unsaturated/α-hetero) is 1. The number of carboxylic acid groups (broad SMARTS) is 1. The first kappa shape index (κ1) is 26.3. The number of amides is 3. The Balaban J connectivity index is 0.00000289. The number of hydrogen-bond donors (Lipinski definition) is 3. The zero-order valence-electron chi connectivity index (χ0n) is 19.9. The van der Waals surface area contributed by atoms with Crippen LogP contribution in [-0.2, 0) is 14.4 Å². The van der Waals surface area contributed by atoms with Crippen molar-refractivity contribution in [2.24, 2.45) is 0 Å². The van der Waals surface area contributed by atoms with Gasteiger partial charge in [0.2, 0.25) is 0 Å². The van der Waals surface area contributed by atoms with Gasteiger partial charge in [-0.3, -0.25) is 14.4 Å². The van der Waals surface area contributed by atoms with E-state index in [1.165, 1.54) is 11.1 Å². The number of rotatable bonds is 7. The first-order valence-corrected chi connectivity index (χ1v) is 10.3. The van der Waals surface area contributed by atoms with E-state index >= 15 is 0 Å². The molecule has 3 rings (SSSR count). The van der Waals surface area contributed by atoms with E-state index < -0.39 is 35.8 Å². The van der Waals surface area contributed by atoms with E-state index in [1.807, 2.05) is 42.5 Å². The molecule has 1 aliphatic rings. The van der Waals surface area contributed by atoms with E-state index in [2.05, 4.69) is 10.6 Å². The molecule has 0 spiro atoms. The van der Waals surface area contributed by atoms with Crippen LogP contribution in [-0.4, -0.2) is 46.3 Å². The molecule has 0 fully saturated rings. The van der Waals surface area contributed by atoms with Gasteiger partial charge < -0.3 is 22.1 Å². The number of likely N-dealkylation sites (N-methyl/N-ethyl adjacent to an activating group) is 1. The molecule has 0 saturated carbocycles. The van der Waals surface area contributed by atoms with Gasteiger partial charge in [-0.1, -0.05) is 48.5 Å². The van der Waals surface area contributed by atoms with Gasteiger partial charge in [-0.15, -0.1) is 0 Å². The van der Waals surface area contributed by atoms with Crippen molar-refractivity contribution in [2.75, 3.05) is 6.54 Å². The van der Waals surface area contributed by atoms with Crippen molar-refractivity contribution in [3.05, 3.63) is 71.9 Å². The molecule has 1 heterocycles. The molecule has 3 amide bonds. The Hall–Kier alpha value is -2.94. The maximum Gasteiger partial charge on any atom is 1.00 e. The summed E-state index contributed by atoms with van der Waals surface area (Å²) in [5.74, 6) is -2.11. The number of carboxylic acids is 1. The number of urea groups is 1. The SMILES string of the molecule is CCN1C=C(C)C(=O)C(NC(=O)NC(CC(=O)O)c2cccc(-c3ccccc3)c2)C1=O.[H-].[Na+]. The molecular formula is C24H26N3NaO5. The third kappa shape index (κ3) is 6.54. The number of aliphatic carboxylic acids is 1. The predicted octanol–water partition coefficient (Wildman–Crippen LogP) is -0.0113. The first-order valence-electron chi connectivity index (χ1n) is 10.3. The van der Waals surface area contributed by atoms with Gasteiger partial charge in [-0.05, 0) is 36.6 Å². The molecular weight excluding hydrogens is 433 g/mol.